The molecule has 0 bridgehead atoms. The van der Waals surface area contributed by atoms with E-state index in [1.165, 1.54) is 0 Å². The summed E-state index contributed by atoms with van der Waals surface area (Å²) < 4.78 is 12.2. The summed E-state index contributed by atoms with van der Waals surface area (Å²) in [5.41, 5.74) is 0.624. The maximum atomic E-state index is 12.2. The molecule has 1 aliphatic rings. The molecule has 1 fully saturated rings. The lowest BCUT2D eigenvalue weighted by Gasteiger charge is -2.12. The molecule has 0 saturated heterocycles. The largest absolute Gasteiger partial charge is 0.356 e. The van der Waals surface area contributed by atoms with Gasteiger partial charge in [-0.2, -0.15) is 0 Å². The van der Waals surface area contributed by atoms with Gasteiger partial charge in [-0.05, 0) is 43.9 Å². The molecular formula is C16H22N2O3S. The molecule has 5 nitrogen and oxygen atoms in total. The van der Waals surface area contributed by atoms with E-state index in [1.807, 2.05) is 13.8 Å². The van der Waals surface area contributed by atoms with Gasteiger partial charge in [0, 0.05) is 23.0 Å². The maximum absolute atomic E-state index is 12.2. The lowest BCUT2D eigenvalue weighted by atomic mass is 10.1. The number of hydrogen-bond donors (Lipinski definition) is 2. The number of benzene rings is 1. The van der Waals surface area contributed by atoms with Crippen LogP contribution in [0, 0.1) is 11.8 Å². The van der Waals surface area contributed by atoms with Crippen molar-refractivity contribution in [2.75, 3.05) is 17.6 Å². The van der Waals surface area contributed by atoms with Gasteiger partial charge in [0.1, 0.15) is 5.75 Å². The molecule has 1 aromatic carbocycles. The van der Waals surface area contributed by atoms with Gasteiger partial charge in [-0.15, -0.1) is 0 Å². The van der Waals surface area contributed by atoms with Crippen molar-refractivity contribution in [2.24, 2.45) is 11.8 Å². The summed E-state index contributed by atoms with van der Waals surface area (Å²) in [6.07, 6.45) is 2.23. The van der Waals surface area contributed by atoms with Gasteiger partial charge in [0.25, 0.3) is 0 Å². The van der Waals surface area contributed by atoms with E-state index in [2.05, 4.69) is 10.6 Å². The van der Waals surface area contributed by atoms with Crippen LogP contribution in [0.25, 0.3) is 0 Å². The second-order valence-corrected chi connectivity index (χ2v) is 7.04. The first-order valence-corrected chi connectivity index (χ1v) is 8.89. The van der Waals surface area contributed by atoms with E-state index in [1.54, 1.807) is 24.3 Å². The molecule has 22 heavy (non-hydrogen) atoms. The summed E-state index contributed by atoms with van der Waals surface area (Å²) in [5, 5.41) is 5.49. The molecule has 1 aromatic rings. The van der Waals surface area contributed by atoms with E-state index in [9.17, 15) is 13.8 Å². The van der Waals surface area contributed by atoms with Crippen LogP contribution in [0.4, 0.5) is 5.69 Å². The topological polar surface area (TPSA) is 75.3 Å². The third kappa shape index (κ3) is 4.66. The van der Waals surface area contributed by atoms with E-state index >= 15 is 0 Å². The van der Waals surface area contributed by atoms with Crippen molar-refractivity contribution in [2.45, 2.75) is 31.6 Å². The molecule has 120 valence electrons. The van der Waals surface area contributed by atoms with Crippen LogP contribution in [-0.2, 0) is 20.4 Å². The first kappa shape index (κ1) is 16.7. The van der Waals surface area contributed by atoms with Crippen molar-refractivity contribution >= 4 is 28.3 Å². The zero-order chi connectivity index (χ0) is 16.1. The Morgan fingerprint density at radius 2 is 2.09 bits per heavy atom. The number of carbonyl (C=O) groups is 2. The maximum Gasteiger partial charge on any atom is 0.232 e. The van der Waals surface area contributed by atoms with E-state index in [0.29, 0.717) is 23.0 Å². The second kappa shape index (κ2) is 7.54. The summed E-state index contributed by atoms with van der Waals surface area (Å²) in [6.45, 7) is 4.27. The fourth-order valence-corrected chi connectivity index (χ4v) is 3.23. The van der Waals surface area contributed by atoms with Crippen LogP contribution in [0.5, 0.6) is 0 Å². The van der Waals surface area contributed by atoms with Gasteiger partial charge in [0.05, 0.1) is 10.8 Å². The van der Waals surface area contributed by atoms with Gasteiger partial charge >= 0.3 is 0 Å². The van der Waals surface area contributed by atoms with Crippen LogP contribution in [0.3, 0.4) is 0 Å². The Bertz CT molecular complexity index is 585. The molecule has 0 heterocycles. The summed E-state index contributed by atoms with van der Waals surface area (Å²) in [7, 11) is -1.41. The Labute approximate surface area is 133 Å². The van der Waals surface area contributed by atoms with Crippen LogP contribution in [0.1, 0.15) is 26.7 Å². The zero-order valence-electron chi connectivity index (χ0n) is 12.9. The quantitative estimate of drug-likeness (QED) is 0.805. The van der Waals surface area contributed by atoms with Gasteiger partial charge in [0.2, 0.25) is 11.8 Å². The van der Waals surface area contributed by atoms with Crippen molar-refractivity contribution in [3.63, 3.8) is 0 Å². The molecule has 2 rings (SSSR count). The standard InChI is InChI=1S/C16H22N2O3S/c1-3-17-15(19)10-22(21)14-6-4-5-13(9-14)18-16(20)11(2)12-7-8-12/h4-6,9,11-12H,3,7-8,10H2,1-2H3,(H,17,19)(H,18,20). The summed E-state index contributed by atoms with van der Waals surface area (Å²) in [6, 6.07) is 6.88. The third-order valence-corrected chi connectivity index (χ3v) is 5.05. The predicted molar refractivity (Wildman–Crippen MR) is 86.9 cm³/mol. The van der Waals surface area contributed by atoms with Crippen LogP contribution >= 0.6 is 0 Å². The Kier molecular flexibility index (Phi) is 5.71. The van der Waals surface area contributed by atoms with Crippen molar-refractivity contribution in [3.05, 3.63) is 24.3 Å². The smallest absolute Gasteiger partial charge is 0.232 e. The molecule has 2 atom stereocenters. The minimum Gasteiger partial charge on any atom is -0.356 e. The zero-order valence-corrected chi connectivity index (χ0v) is 13.7. The van der Waals surface area contributed by atoms with Gasteiger partial charge in [0.15, 0.2) is 0 Å². The molecular weight excluding hydrogens is 300 g/mol. The molecule has 2 unspecified atom stereocenters. The summed E-state index contributed by atoms with van der Waals surface area (Å²) in [5.74, 6) is 0.190. The Balaban J connectivity index is 1.98. The van der Waals surface area contributed by atoms with Crippen molar-refractivity contribution in [1.82, 2.24) is 5.32 Å². The third-order valence-electron chi connectivity index (χ3n) is 3.74. The van der Waals surface area contributed by atoms with Gasteiger partial charge in [-0.25, -0.2) is 0 Å². The van der Waals surface area contributed by atoms with E-state index in [-0.39, 0.29) is 23.5 Å². The first-order chi connectivity index (χ1) is 10.5. The first-order valence-electron chi connectivity index (χ1n) is 7.57. The Morgan fingerprint density at radius 3 is 2.73 bits per heavy atom. The van der Waals surface area contributed by atoms with Crippen molar-refractivity contribution in [1.29, 1.82) is 0 Å². The minimum atomic E-state index is -1.41. The molecule has 0 radical (unpaired) electrons. The fraction of sp³-hybridized carbons (Fsp3) is 0.500. The Morgan fingerprint density at radius 1 is 1.36 bits per heavy atom. The van der Waals surface area contributed by atoms with Gasteiger partial charge < -0.3 is 10.6 Å². The van der Waals surface area contributed by atoms with Crippen LogP contribution in [0.15, 0.2) is 29.2 Å². The highest BCUT2D eigenvalue weighted by molar-refractivity contribution is 7.85. The molecule has 0 aliphatic heterocycles. The van der Waals surface area contributed by atoms with Crippen molar-refractivity contribution in [3.8, 4) is 0 Å². The normalized spacial score (nSPS) is 16.6. The highest BCUT2D eigenvalue weighted by Crippen LogP contribution is 2.37. The number of rotatable bonds is 7. The number of anilines is 1. The van der Waals surface area contributed by atoms with Gasteiger partial charge in [-0.1, -0.05) is 13.0 Å². The lowest BCUT2D eigenvalue weighted by Crippen LogP contribution is -2.27. The number of hydrogen-bond acceptors (Lipinski definition) is 3. The average molecular weight is 322 g/mol. The van der Waals surface area contributed by atoms with Gasteiger partial charge in [-0.3, -0.25) is 13.8 Å². The molecule has 1 aliphatic carbocycles. The molecule has 2 N–H and O–H groups in total. The SMILES string of the molecule is CCNC(=O)CS(=O)c1cccc(NC(=O)C(C)C2CC2)c1. The molecule has 0 aromatic heterocycles. The highest BCUT2D eigenvalue weighted by atomic mass is 32.2. The van der Waals surface area contributed by atoms with Crippen LogP contribution in [0.2, 0.25) is 0 Å². The number of nitrogens with one attached hydrogen (secondary N) is 2. The second-order valence-electron chi connectivity index (χ2n) is 5.59. The molecule has 2 amide bonds. The molecule has 6 heteroatoms. The van der Waals surface area contributed by atoms with Crippen LogP contribution in [-0.4, -0.2) is 28.3 Å². The predicted octanol–water partition coefficient (Wildman–Crippen LogP) is 1.91. The van der Waals surface area contributed by atoms with E-state index < -0.39 is 10.8 Å². The molecule has 0 spiro atoms. The fourth-order valence-electron chi connectivity index (χ4n) is 2.23. The summed E-state index contributed by atoms with van der Waals surface area (Å²) in [4.78, 5) is 24.1. The molecule has 1 saturated carbocycles. The van der Waals surface area contributed by atoms with E-state index in [4.69, 9.17) is 0 Å². The lowest BCUT2D eigenvalue weighted by molar-refractivity contribution is -0.120. The summed E-state index contributed by atoms with van der Waals surface area (Å²) >= 11 is 0. The van der Waals surface area contributed by atoms with Crippen molar-refractivity contribution < 1.29 is 13.8 Å². The average Bonchev–Trinajstić information content (AvgIpc) is 3.31. The monoisotopic (exact) mass is 322 g/mol. The minimum absolute atomic E-state index is 0.00415. The number of carbonyl (C=O) groups excluding carboxylic acids is 2. The highest BCUT2D eigenvalue weighted by Gasteiger charge is 2.32. The van der Waals surface area contributed by atoms with E-state index in [0.717, 1.165) is 12.8 Å². The number of amides is 2. The van der Waals surface area contributed by atoms with Crippen LogP contribution < -0.4 is 10.6 Å². The Hall–Kier alpha value is -1.69.